The summed E-state index contributed by atoms with van der Waals surface area (Å²) in [5.74, 6) is 0.633. The first-order chi connectivity index (χ1) is 8.31. The van der Waals surface area contributed by atoms with Gasteiger partial charge < -0.3 is 4.42 Å². The highest BCUT2D eigenvalue weighted by Gasteiger charge is 2.01. The lowest BCUT2D eigenvalue weighted by molar-refractivity contribution is 0.590. The van der Waals surface area contributed by atoms with Crippen molar-refractivity contribution in [2.24, 2.45) is 0 Å². The van der Waals surface area contributed by atoms with E-state index < -0.39 is 0 Å². The van der Waals surface area contributed by atoms with Gasteiger partial charge in [0.05, 0.1) is 3.79 Å². The number of benzene rings is 1. The highest BCUT2D eigenvalue weighted by Crippen LogP contribution is 2.22. The fourth-order valence-electron chi connectivity index (χ4n) is 1.54. The van der Waals surface area contributed by atoms with E-state index in [-0.39, 0.29) is 0 Å². The van der Waals surface area contributed by atoms with Crippen molar-refractivity contribution in [2.75, 3.05) is 0 Å². The van der Waals surface area contributed by atoms with Crippen LogP contribution in [0.2, 0.25) is 0 Å². The number of oxazole rings is 1. The molecule has 0 saturated heterocycles. The highest BCUT2D eigenvalue weighted by atomic mass is 79.9. The summed E-state index contributed by atoms with van der Waals surface area (Å²) >= 11 is 5.09. The van der Waals surface area contributed by atoms with Gasteiger partial charge in [0.25, 0.3) is 0 Å². The molecule has 3 aromatic rings. The second-order valence-corrected chi connectivity index (χ2v) is 5.83. The van der Waals surface area contributed by atoms with Crippen LogP contribution >= 0.6 is 27.3 Å². The zero-order chi connectivity index (χ0) is 11.7. The van der Waals surface area contributed by atoms with Crippen LogP contribution in [0.5, 0.6) is 0 Å². The largest absolute Gasteiger partial charge is 0.437 e. The zero-order valence-electron chi connectivity index (χ0n) is 8.76. The number of thiophene rings is 1. The molecular weight excluding hydrogens is 298 g/mol. The predicted octanol–water partition coefficient (Wildman–Crippen LogP) is 4.82. The first kappa shape index (κ1) is 10.7. The number of hydrogen-bond donors (Lipinski definition) is 0. The molecule has 0 radical (unpaired) electrons. The fraction of sp³-hybridized carbons (Fsp3) is 0. The van der Waals surface area contributed by atoms with Crippen molar-refractivity contribution in [1.29, 1.82) is 0 Å². The molecule has 2 aromatic heterocycles. The van der Waals surface area contributed by atoms with Crippen LogP contribution in [0.3, 0.4) is 0 Å². The average molecular weight is 306 g/mol. The average Bonchev–Trinajstić information content (AvgIpc) is 2.91. The van der Waals surface area contributed by atoms with E-state index in [1.807, 2.05) is 36.4 Å². The minimum Gasteiger partial charge on any atom is -0.437 e. The van der Waals surface area contributed by atoms with Crippen LogP contribution in [0.1, 0.15) is 11.5 Å². The molecule has 0 atom stereocenters. The van der Waals surface area contributed by atoms with Crippen LogP contribution in [0.15, 0.2) is 43.9 Å². The van der Waals surface area contributed by atoms with E-state index in [0.29, 0.717) is 5.89 Å². The molecule has 0 fully saturated rings. The summed E-state index contributed by atoms with van der Waals surface area (Å²) in [6.07, 6.45) is 3.88. The van der Waals surface area contributed by atoms with Gasteiger partial charge >= 0.3 is 0 Å². The molecule has 0 amide bonds. The summed E-state index contributed by atoms with van der Waals surface area (Å²) in [5.41, 5.74) is 2.85. The van der Waals surface area contributed by atoms with Gasteiger partial charge in [0.1, 0.15) is 5.52 Å². The van der Waals surface area contributed by atoms with Crippen LogP contribution in [0, 0.1) is 0 Å². The fourth-order valence-corrected chi connectivity index (χ4v) is 2.68. The maximum atomic E-state index is 5.59. The second-order valence-electron chi connectivity index (χ2n) is 3.54. The highest BCUT2D eigenvalue weighted by molar-refractivity contribution is 9.11. The molecule has 0 aliphatic rings. The first-order valence-corrected chi connectivity index (χ1v) is 6.76. The Morgan fingerprint density at radius 1 is 1.24 bits per heavy atom. The molecular formula is C13H8BrNOS. The normalized spacial score (nSPS) is 11.6. The lowest BCUT2D eigenvalue weighted by Gasteiger charge is -1.82. The summed E-state index contributed by atoms with van der Waals surface area (Å²) in [6, 6.07) is 9.81. The molecule has 2 heterocycles. The van der Waals surface area contributed by atoms with Gasteiger partial charge in [0, 0.05) is 6.08 Å². The van der Waals surface area contributed by atoms with Crippen molar-refractivity contribution < 1.29 is 4.42 Å². The standard InChI is InChI=1S/C13H8BrNOS/c14-12-7-9(8-17-12)5-6-13-15-10-3-1-2-4-11(10)16-13/h1-8H/b6-5+. The number of hydrogen-bond acceptors (Lipinski definition) is 3. The Balaban J connectivity index is 1.92. The number of rotatable bonds is 2. The minimum absolute atomic E-state index is 0.633. The van der Waals surface area contributed by atoms with Crippen molar-refractivity contribution in [2.45, 2.75) is 0 Å². The van der Waals surface area contributed by atoms with Gasteiger partial charge in [-0.1, -0.05) is 12.1 Å². The molecule has 3 rings (SSSR count). The van der Waals surface area contributed by atoms with Crippen molar-refractivity contribution in [3.05, 3.63) is 51.0 Å². The van der Waals surface area contributed by atoms with Crippen LogP contribution in [0.25, 0.3) is 23.3 Å². The SMILES string of the molecule is Brc1cc(/C=C/c2nc3ccccc3o2)cs1. The Morgan fingerprint density at radius 2 is 2.12 bits per heavy atom. The Labute approximate surface area is 111 Å². The maximum absolute atomic E-state index is 5.59. The van der Waals surface area contributed by atoms with Crippen LogP contribution in [-0.2, 0) is 0 Å². The number of nitrogens with zero attached hydrogens (tertiary/aromatic N) is 1. The molecule has 4 heteroatoms. The summed E-state index contributed by atoms with van der Waals surface area (Å²) < 4.78 is 6.71. The van der Waals surface area contributed by atoms with Crippen molar-refractivity contribution in [3.8, 4) is 0 Å². The molecule has 0 aliphatic carbocycles. The van der Waals surface area contributed by atoms with E-state index in [0.717, 1.165) is 20.4 Å². The van der Waals surface area contributed by atoms with Gasteiger partial charge in [0.15, 0.2) is 5.58 Å². The van der Waals surface area contributed by atoms with Crippen molar-refractivity contribution in [3.63, 3.8) is 0 Å². The molecule has 0 bridgehead atoms. The van der Waals surface area contributed by atoms with Gasteiger partial charge in [-0.2, -0.15) is 0 Å². The molecule has 2 nitrogen and oxygen atoms in total. The third kappa shape index (κ3) is 2.33. The van der Waals surface area contributed by atoms with E-state index in [9.17, 15) is 0 Å². The third-order valence-corrected chi connectivity index (χ3v) is 3.84. The molecule has 0 unspecified atom stereocenters. The summed E-state index contributed by atoms with van der Waals surface area (Å²) in [7, 11) is 0. The van der Waals surface area contributed by atoms with E-state index >= 15 is 0 Å². The Bertz CT molecular complexity index is 650. The van der Waals surface area contributed by atoms with Crippen molar-refractivity contribution >= 4 is 50.5 Å². The lowest BCUT2D eigenvalue weighted by atomic mass is 10.3. The number of fused-ring (bicyclic) bond motifs is 1. The number of halogens is 1. The molecule has 0 N–H and O–H groups in total. The summed E-state index contributed by atoms with van der Waals surface area (Å²) in [6.45, 7) is 0. The van der Waals surface area contributed by atoms with Gasteiger partial charge in [0.2, 0.25) is 5.89 Å². The van der Waals surface area contributed by atoms with Gasteiger partial charge in [-0.05, 0) is 51.1 Å². The molecule has 0 saturated carbocycles. The quantitative estimate of drug-likeness (QED) is 0.678. The topological polar surface area (TPSA) is 26.0 Å². The summed E-state index contributed by atoms with van der Waals surface area (Å²) in [4.78, 5) is 4.37. The molecule has 17 heavy (non-hydrogen) atoms. The zero-order valence-corrected chi connectivity index (χ0v) is 11.2. The Kier molecular flexibility index (Phi) is 2.82. The van der Waals surface area contributed by atoms with Crippen LogP contribution in [0.4, 0.5) is 0 Å². The smallest absolute Gasteiger partial charge is 0.220 e. The number of para-hydroxylation sites is 2. The monoisotopic (exact) mass is 305 g/mol. The first-order valence-electron chi connectivity index (χ1n) is 5.09. The van der Waals surface area contributed by atoms with E-state index in [1.54, 1.807) is 11.3 Å². The summed E-state index contributed by atoms with van der Waals surface area (Å²) in [5, 5.41) is 2.07. The van der Waals surface area contributed by atoms with E-state index in [4.69, 9.17) is 4.42 Å². The Morgan fingerprint density at radius 3 is 2.88 bits per heavy atom. The van der Waals surface area contributed by atoms with Gasteiger partial charge in [-0.25, -0.2) is 4.98 Å². The third-order valence-electron chi connectivity index (χ3n) is 2.32. The van der Waals surface area contributed by atoms with Gasteiger partial charge in [-0.3, -0.25) is 0 Å². The molecule has 0 spiro atoms. The van der Waals surface area contributed by atoms with Crippen molar-refractivity contribution in [1.82, 2.24) is 4.98 Å². The van der Waals surface area contributed by atoms with E-state index in [2.05, 4.69) is 32.4 Å². The van der Waals surface area contributed by atoms with Gasteiger partial charge in [-0.15, -0.1) is 11.3 Å². The lowest BCUT2D eigenvalue weighted by Crippen LogP contribution is -1.68. The molecule has 1 aromatic carbocycles. The van der Waals surface area contributed by atoms with Crippen LogP contribution in [-0.4, -0.2) is 4.98 Å². The molecule has 0 aliphatic heterocycles. The number of aromatic nitrogens is 1. The molecule has 84 valence electrons. The maximum Gasteiger partial charge on any atom is 0.220 e. The second kappa shape index (κ2) is 4.47. The predicted molar refractivity (Wildman–Crippen MR) is 75.0 cm³/mol. The van der Waals surface area contributed by atoms with E-state index in [1.165, 1.54) is 0 Å². The van der Waals surface area contributed by atoms with Crippen LogP contribution < -0.4 is 0 Å². The Hall–Kier alpha value is -1.39. The minimum atomic E-state index is 0.633.